The van der Waals surface area contributed by atoms with Crippen LogP contribution in [0, 0.1) is 0 Å². The van der Waals surface area contributed by atoms with Crippen molar-refractivity contribution in [3.8, 4) is 0 Å². The molecule has 11 nitrogen and oxygen atoms in total. The average Bonchev–Trinajstić information content (AvgIpc) is 3.53. The second-order valence-corrected chi connectivity index (χ2v) is 13.3. The van der Waals surface area contributed by atoms with Gasteiger partial charge in [-0.2, -0.15) is 0 Å². The van der Waals surface area contributed by atoms with Gasteiger partial charge >= 0.3 is 11.9 Å². The number of benzene rings is 2. The number of para-hydroxylation sites is 1. The lowest BCUT2D eigenvalue weighted by Gasteiger charge is -2.23. The summed E-state index contributed by atoms with van der Waals surface area (Å²) in [6, 6.07) is 17.4. The molecule has 1 aromatic heterocycles. The summed E-state index contributed by atoms with van der Waals surface area (Å²) in [7, 11) is 0. The van der Waals surface area contributed by atoms with E-state index in [-0.39, 0.29) is 23.9 Å². The monoisotopic (exact) mass is 705 g/mol. The van der Waals surface area contributed by atoms with E-state index < -0.39 is 39.8 Å². The van der Waals surface area contributed by atoms with Crippen LogP contribution in [0.4, 0.5) is 5.69 Å². The Morgan fingerprint density at radius 3 is 2.59 bits per heavy atom. The fourth-order valence-corrected chi connectivity index (χ4v) is 5.52. The number of esters is 1. The largest absolute Gasteiger partial charge is 0.480 e. The first kappa shape index (κ1) is 35.0. The van der Waals surface area contributed by atoms with Crippen molar-refractivity contribution in [2.24, 2.45) is 4.99 Å². The Kier molecular flexibility index (Phi) is 12.7. The van der Waals surface area contributed by atoms with Gasteiger partial charge in [0.1, 0.15) is 12.0 Å². The molecule has 1 unspecified atom stereocenters. The number of aliphatic imine (C=N–C) groups is 1. The lowest BCUT2D eigenvalue weighted by atomic mass is 10.2. The van der Waals surface area contributed by atoms with Crippen LogP contribution in [-0.2, 0) is 23.9 Å². The molecule has 3 N–H and O–H groups in total. The van der Waals surface area contributed by atoms with E-state index in [1.165, 1.54) is 11.0 Å². The minimum atomic E-state index is -2.07. The van der Waals surface area contributed by atoms with E-state index in [0.29, 0.717) is 30.6 Å². The second-order valence-electron chi connectivity index (χ2n) is 10.00. The molecule has 2 aromatic carbocycles. The number of ether oxygens (including phenoxy) is 1. The number of pyridine rings is 1. The number of aliphatic carboxylic acids is 1. The van der Waals surface area contributed by atoms with Crippen LogP contribution in [0.1, 0.15) is 31.2 Å². The van der Waals surface area contributed by atoms with E-state index in [1.54, 1.807) is 24.4 Å². The van der Waals surface area contributed by atoms with Crippen molar-refractivity contribution in [2.75, 3.05) is 17.8 Å². The van der Waals surface area contributed by atoms with Crippen molar-refractivity contribution in [2.45, 2.75) is 41.7 Å². The molecule has 15 heteroatoms. The Hall–Kier alpha value is -3.84. The molecule has 1 saturated heterocycles. The molecule has 4 rings (SSSR count). The predicted molar refractivity (Wildman–Crippen MR) is 181 cm³/mol. The Labute approximate surface area is 284 Å². The highest BCUT2D eigenvalue weighted by Gasteiger charge is 2.35. The van der Waals surface area contributed by atoms with Gasteiger partial charge in [-0.25, -0.2) is 9.79 Å². The van der Waals surface area contributed by atoms with Gasteiger partial charge in [0.25, 0.3) is 0 Å². The number of carboxylic acids is 1. The van der Waals surface area contributed by atoms with Gasteiger partial charge in [0.05, 0.1) is 17.6 Å². The lowest BCUT2D eigenvalue weighted by molar-refractivity contribution is -0.149. The minimum Gasteiger partial charge on any atom is -0.480 e. The van der Waals surface area contributed by atoms with Crippen LogP contribution in [0.3, 0.4) is 0 Å². The number of carbonyl (C=O) groups is 4. The molecular weight excluding hydrogens is 677 g/mol. The van der Waals surface area contributed by atoms with Gasteiger partial charge in [0.2, 0.25) is 15.6 Å². The van der Waals surface area contributed by atoms with E-state index in [2.05, 4.69) is 20.6 Å². The Morgan fingerprint density at radius 1 is 1.09 bits per heavy atom. The molecule has 0 radical (unpaired) electrons. The summed E-state index contributed by atoms with van der Waals surface area (Å²) in [4.78, 5) is 59.3. The number of alkyl halides is 3. The highest BCUT2D eigenvalue weighted by Crippen LogP contribution is 2.32. The summed E-state index contributed by atoms with van der Waals surface area (Å²) in [5.74, 6) is -2.98. The van der Waals surface area contributed by atoms with Crippen LogP contribution in [0.5, 0.6) is 0 Å². The van der Waals surface area contributed by atoms with Gasteiger partial charge < -0.3 is 25.4 Å². The van der Waals surface area contributed by atoms with Crippen LogP contribution in [0.2, 0.25) is 0 Å². The molecule has 2 amide bonds. The van der Waals surface area contributed by atoms with Crippen molar-refractivity contribution in [1.82, 2.24) is 15.2 Å². The summed E-state index contributed by atoms with van der Waals surface area (Å²) in [6.45, 7) is 0.332. The molecular formula is C31H30Cl3N5O6S. The number of thioether (sulfide) groups is 1. The zero-order valence-electron chi connectivity index (χ0n) is 24.3. The number of carboxylic acid groups (broad SMARTS) is 1. The molecule has 3 aromatic rings. The number of hydrogen-bond acceptors (Lipinski definition) is 8. The molecule has 0 spiro atoms. The number of likely N-dealkylation sites (tertiary alicyclic amines) is 1. The molecule has 46 heavy (non-hydrogen) atoms. The normalized spacial score (nSPS) is 15.9. The van der Waals surface area contributed by atoms with E-state index in [4.69, 9.17) is 39.5 Å². The Bertz CT molecular complexity index is 1610. The Morgan fingerprint density at radius 2 is 1.85 bits per heavy atom. The van der Waals surface area contributed by atoms with E-state index >= 15 is 0 Å². The summed E-state index contributed by atoms with van der Waals surface area (Å²) in [5.41, 5.74) is 1.97. The maximum absolute atomic E-state index is 12.8. The van der Waals surface area contributed by atoms with Crippen LogP contribution in [0.25, 0.3) is 17.0 Å². The van der Waals surface area contributed by atoms with Gasteiger partial charge in [0, 0.05) is 30.6 Å². The van der Waals surface area contributed by atoms with Gasteiger partial charge in [0.15, 0.2) is 11.3 Å². The van der Waals surface area contributed by atoms with Crippen LogP contribution in [0.15, 0.2) is 77.9 Å². The lowest BCUT2D eigenvalue weighted by Crippen LogP contribution is -2.42. The van der Waals surface area contributed by atoms with Crippen LogP contribution < -0.4 is 10.6 Å². The van der Waals surface area contributed by atoms with Crippen LogP contribution >= 0.6 is 46.6 Å². The summed E-state index contributed by atoms with van der Waals surface area (Å²) in [5, 5.41) is 16.0. The molecule has 1 fully saturated rings. The van der Waals surface area contributed by atoms with Gasteiger partial charge in [-0.05, 0) is 48.4 Å². The first-order valence-electron chi connectivity index (χ1n) is 14.1. The van der Waals surface area contributed by atoms with Gasteiger partial charge in [-0.1, -0.05) is 83.3 Å². The number of halogens is 3. The predicted octanol–water partition coefficient (Wildman–Crippen LogP) is 5.62. The molecule has 242 valence electrons. The van der Waals surface area contributed by atoms with Crippen LogP contribution in [-0.4, -0.2) is 72.4 Å². The number of fused-ring (bicyclic) bond motifs is 1. The molecule has 1 aliphatic heterocycles. The Balaban J connectivity index is 1.46. The number of nitrogens with zero attached hydrogens (tertiary/aromatic N) is 3. The summed E-state index contributed by atoms with van der Waals surface area (Å²) >= 11 is 19.6. The van der Waals surface area contributed by atoms with E-state index in [1.807, 2.05) is 48.5 Å². The first-order chi connectivity index (χ1) is 22.0. The fourth-order valence-electron chi connectivity index (χ4n) is 4.55. The number of amides is 2. The number of amidine groups is 1. The standard InChI is InChI=1S/C31H30Cl3N5O6S/c32-31(33,34)29(37-24(40)14-13-20-7-2-1-3-8-20)38-30(36-22-11-4-9-21-10-5-17-35-27(21)22)46-19-45-26(42)16-15-25(41)39-18-6-12-23(39)28(43)44/h1-5,7-11,13-14,17,23,29H,6,12,15-16,18-19H2,(H,36,38)(H,37,40)(H,43,44)/b14-13+/t23-,29?/m0/s1. The number of carbonyl (C=O) groups excluding carboxylic acids is 3. The summed E-state index contributed by atoms with van der Waals surface area (Å²) in [6.07, 6.45) is 3.69. The molecule has 1 aliphatic rings. The maximum atomic E-state index is 12.8. The summed E-state index contributed by atoms with van der Waals surface area (Å²) < 4.78 is 3.26. The molecule has 0 saturated carbocycles. The first-order valence-corrected chi connectivity index (χ1v) is 16.2. The third-order valence-electron chi connectivity index (χ3n) is 6.75. The number of aromatic nitrogens is 1. The van der Waals surface area contributed by atoms with E-state index in [0.717, 1.165) is 22.7 Å². The minimum absolute atomic E-state index is 0.132. The molecule has 2 atom stereocenters. The number of rotatable bonds is 11. The molecule has 2 heterocycles. The maximum Gasteiger partial charge on any atom is 0.326 e. The zero-order valence-corrected chi connectivity index (χ0v) is 27.4. The number of nitrogens with one attached hydrogen (secondary N) is 2. The zero-order chi connectivity index (χ0) is 33.1. The van der Waals surface area contributed by atoms with Crippen molar-refractivity contribution < 1.29 is 29.0 Å². The number of hydrogen-bond donors (Lipinski definition) is 3. The SMILES string of the molecule is O=C(/C=C/c1ccccc1)NC(N=C(Nc1cccc2cccnc12)SCOC(=O)CCC(=O)N1CCC[C@H]1C(=O)O)C(Cl)(Cl)Cl. The van der Waals surface area contributed by atoms with Gasteiger partial charge in [-0.3, -0.25) is 19.4 Å². The fraction of sp³-hybridized carbons (Fsp3) is 0.290. The second kappa shape index (κ2) is 16.6. The van der Waals surface area contributed by atoms with Crippen molar-refractivity contribution in [3.05, 3.63) is 78.5 Å². The highest BCUT2D eigenvalue weighted by molar-refractivity contribution is 8.14. The molecule has 0 bridgehead atoms. The number of anilines is 1. The molecule has 0 aliphatic carbocycles. The quantitative estimate of drug-likeness (QED) is 0.0577. The highest BCUT2D eigenvalue weighted by atomic mass is 35.6. The average molecular weight is 707 g/mol. The third-order valence-corrected chi connectivity index (χ3v) is 8.09. The topological polar surface area (TPSA) is 150 Å². The van der Waals surface area contributed by atoms with Crippen molar-refractivity contribution in [3.63, 3.8) is 0 Å². The van der Waals surface area contributed by atoms with Gasteiger partial charge in [-0.15, -0.1) is 0 Å². The van der Waals surface area contributed by atoms with Crippen molar-refractivity contribution in [1.29, 1.82) is 0 Å². The smallest absolute Gasteiger partial charge is 0.326 e. The van der Waals surface area contributed by atoms with Crippen molar-refractivity contribution >= 4 is 98.2 Å². The van der Waals surface area contributed by atoms with E-state index in [9.17, 15) is 24.3 Å². The third kappa shape index (κ3) is 10.3.